The minimum atomic E-state index is -0.619. The van der Waals surface area contributed by atoms with Crippen molar-refractivity contribution in [2.45, 2.75) is 0 Å². The van der Waals surface area contributed by atoms with Gasteiger partial charge in [-0.2, -0.15) is 0 Å². The van der Waals surface area contributed by atoms with Crippen molar-refractivity contribution in [3.05, 3.63) is 64.2 Å². The molecule has 0 atom stereocenters. The maximum Gasteiger partial charge on any atom is 0.337 e. The normalized spacial score (nSPS) is 14.6. The molecule has 8 heteroatoms. The molecule has 0 unspecified atom stereocenters. The molecule has 1 aliphatic heterocycles. The lowest BCUT2D eigenvalue weighted by molar-refractivity contribution is -0.122. The van der Waals surface area contributed by atoms with Crippen molar-refractivity contribution < 1.29 is 23.9 Å². The van der Waals surface area contributed by atoms with Gasteiger partial charge in [-0.25, -0.2) is 9.69 Å². The van der Waals surface area contributed by atoms with Gasteiger partial charge in [0, 0.05) is 16.1 Å². The van der Waals surface area contributed by atoms with Gasteiger partial charge in [0.05, 0.1) is 31.0 Å². The number of carbonyl (C=O) groups is 3. The molecule has 0 saturated carbocycles. The minimum Gasteiger partial charge on any atom is -0.495 e. The summed E-state index contributed by atoms with van der Waals surface area (Å²) >= 11 is 11.8. The van der Waals surface area contributed by atoms with Gasteiger partial charge in [-0.3, -0.25) is 9.59 Å². The number of benzene rings is 2. The first-order valence-electron chi connectivity index (χ1n) is 8.13. The van der Waals surface area contributed by atoms with Gasteiger partial charge in [-0.05, 0) is 24.3 Å². The molecular weight excluding hydrogens is 405 g/mol. The van der Waals surface area contributed by atoms with Gasteiger partial charge in [-0.15, -0.1) is 11.6 Å². The molecule has 0 bridgehead atoms. The Morgan fingerprint density at radius 3 is 2.39 bits per heavy atom. The van der Waals surface area contributed by atoms with Crippen LogP contribution in [0.1, 0.15) is 21.5 Å². The zero-order chi connectivity index (χ0) is 20.4. The first-order chi connectivity index (χ1) is 13.4. The van der Waals surface area contributed by atoms with E-state index < -0.39 is 23.7 Å². The zero-order valence-corrected chi connectivity index (χ0v) is 16.5. The van der Waals surface area contributed by atoms with Gasteiger partial charge >= 0.3 is 5.97 Å². The van der Waals surface area contributed by atoms with Crippen molar-refractivity contribution in [2.24, 2.45) is 0 Å². The number of amides is 2. The standard InChI is InChI=1S/C20H15Cl2NO5/c1-27-18(11-4-3-5-13(22)8-11)17-14-7-6-12(20(26)28-2)9-15(14)23(19(17)25)16(24)10-21/h3-9H,10H2,1-2H3/b18-17+. The smallest absolute Gasteiger partial charge is 0.337 e. The first-order valence-corrected chi connectivity index (χ1v) is 9.04. The lowest BCUT2D eigenvalue weighted by Gasteiger charge is -2.14. The van der Waals surface area contributed by atoms with E-state index in [1.807, 2.05) is 0 Å². The highest BCUT2D eigenvalue weighted by molar-refractivity contribution is 6.46. The fourth-order valence-corrected chi connectivity index (χ4v) is 3.34. The van der Waals surface area contributed by atoms with Crippen molar-refractivity contribution >= 4 is 58.0 Å². The van der Waals surface area contributed by atoms with Gasteiger partial charge in [-0.1, -0.05) is 29.8 Å². The fraction of sp³-hybridized carbons (Fsp3) is 0.150. The molecule has 144 valence electrons. The first kappa shape index (κ1) is 19.9. The number of alkyl halides is 1. The van der Waals surface area contributed by atoms with Gasteiger partial charge in [0.2, 0.25) is 5.91 Å². The van der Waals surface area contributed by atoms with Crippen molar-refractivity contribution in [1.82, 2.24) is 0 Å². The number of rotatable bonds is 4. The Hall–Kier alpha value is -2.83. The Labute approximate surface area is 171 Å². The van der Waals surface area contributed by atoms with Crippen LogP contribution in [-0.2, 0) is 19.1 Å². The van der Waals surface area contributed by atoms with Crippen LogP contribution in [-0.4, -0.2) is 37.9 Å². The van der Waals surface area contributed by atoms with Crippen molar-refractivity contribution in [2.75, 3.05) is 25.0 Å². The molecule has 1 heterocycles. The third-order valence-corrected chi connectivity index (χ3v) is 4.69. The third-order valence-electron chi connectivity index (χ3n) is 4.23. The molecule has 0 radical (unpaired) electrons. The number of esters is 1. The summed E-state index contributed by atoms with van der Waals surface area (Å²) in [7, 11) is 2.67. The Bertz CT molecular complexity index is 1020. The zero-order valence-electron chi connectivity index (χ0n) is 15.0. The molecule has 0 spiro atoms. The highest BCUT2D eigenvalue weighted by Crippen LogP contribution is 2.42. The number of hydrogen-bond donors (Lipinski definition) is 0. The Kier molecular flexibility index (Phi) is 5.72. The van der Waals surface area contributed by atoms with Crippen LogP contribution in [0.4, 0.5) is 5.69 Å². The Balaban J connectivity index is 2.28. The summed E-state index contributed by atoms with van der Waals surface area (Å²) in [6.45, 7) is 0. The lowest BCUT2D eigenvalue weighted by atomic mass is 10.0. The second-order valence-corrected chi connectivity index (χ2v) is 6.51. The van der Waals surface area contributed by atoms with Crippen LogP contribution >= 0.6 is 23.2 Å². The second kappa shape index (κ2) is 8.04. The molecule has 3 rings (SSSR count). The van der Waals surface area contributed by atoms with E-state index >= 15 is 0 Å². The topological polar surface area (TPSA) is 72.9 Å². The fourth-order valence-electron chi connectivity index (χ4n) is 3.03. The number of anilines is 1. The van der Waals surface area contributed by atoms with E-state index in [-0.39, 0.29) is 22.6 Å². The maximum atomic E-state index is 13.1. The second-order valence-electron chi connectivity index (χ2n) is 5.81. The van der Waals surface area contributed by atoms with E-state index in [4.69, 9.17) is 32.7 Å². The summed E-state index contributed by atoms with van der Waals surface area (Å²) in [6, 6.07) is 11.3. The average molecular weight is 420 g/mol. The van der Waals surface area contributed by atoms with Crippen molar-refractivity contribution in [3.8, 4) is 0 Å². The summed E-state index contributed by atoms with van der Waals surface area (Å²) in [5.74, 6) is -1.96. The monoisotopic (exact) mass is 419 g/mol. The van der Waals surface area contributed by atoms with Crippen LogP contribution in [0.2, 0.25) is 5.02 Å². The SMILES string of the molecule is COC(=O)c1ccc2c(c1)N(C(=O)CCl)C(=O)/C2=C(/OC)c1cccc(Cl)c1. The average Bonchev–Trinajstić information content (AvgIpc) is 2.99. The Morgan fingerprint density at radius 1 is 1.04 bits per heavy atom. The van der Waals surface area contributed by atoms with E-state index in [1.54, 1.807) is 30.3 Å². The number of nitrogens with zero attached hydrogens (tertiary/aromatic N) is 1. The maximum absolute atomic E-state index is 13.1. The molecule has 6 nitrogen and oxygen atoms in total. The molecule has 0 aliphatic carbocycles. The van der Waals surface area contributed by atoms with Crippen LogP contribution in [0.25, 0.3) is 11.3 Å². The summed E-state index contributed by atoms with van der Waals surface area (Å²) in [6.07, 6.45) is 0. The number of methoxy groups -OCH3 is 2. The van der Waals surface area contributed by atoms with Crippen LogP contribution in [0.5, 0.6) is 0 Å². The number of halogens is 2. The van der Waals surface area contributed by atoms with Crippen LogP contribution in [0.3, 0.4) is 0 Å². The molecule has 1 aliphatic rings. The number of fused-ring (bicyclic) bond motifs is 1. The molecule has 0 fully saturated rings. The van der Waals surface area contributed by atoms with Gasteiger partial charge < -0.3 is 9.47 Å². The molecule has 2 amide bonds. The third kappa shape index (κ3) is 3.37. The van der Waals surface area contributed by atoms with Crippen LogP contribution < -0.4 is 4.90 Å². The van der Waals surface area contributed by atoms with E-state index in [0.29, 0.717) is 16.1 Å². The molecule has 2 aromatic carbocycles. The molecule has 28 heavy (non-hydrogen) atoms. The minimum absolute atomic E-state index is 0.176. The summed E-state index contributed by atoms with van der Waals surface area (Å²) in [5, 5.41) is 0.466. The summed E-state index contributed by atoms with van der Waals surface area (Å²) in [4.78, 5) is 38.3. The number of ether oxygens (including phenoxy) is 2. The molecule has 0 aromatic heterocycles. The van der Waals surface area contributed by atoms with Gasteiger partial charge in [0.1, 0.15) is 11.6 Å². The van der Waals surface area contributed by atoms with E-state index in [9.17, 15) is 14.4 Å². The molecule has 0 saturated heterocycles. The number of imide groups is 1. The lowest BCUT2D eigenvalue weighted by Crippen LogP contribution is -2.34. The van der Waals surface area contributed by atoms with E-state index in [0.717, 1.165) is 4.90 Å². The quantitative estimate of drug-likeness (QED) is 0.326. The highest BCUT2D eigenvalue weighted by Gasteiger charge is 2.39. The molecular formula is C20H15Cl2NO5. The van der Waals surface area contributed by atoms with Crippen LogP contribution in [0, 0.1) is 0 Å². The number of carbonyl (C=O) groups excluding carboxylic acids is 3. The summed E-state index contributed by atoms with van der Waals surface area (Å²) in [5.41, 5.74) is 1.62. The van der Waals surface area contributed by atoms with Gasteiger partial charge in [0.15, 0.2) is 0 Å². The predicted molar refractivity (Wildman–Crippen MR) is 106 cm³/mol. The summed E-state index contributed by atoms with van der Waals surface area (Å²) < 4.78 is 10.2. The van der Waals surface area contributed by atoms with E-state index in [1.165, 1.54) is 26.4 Å². The number of hydrogen-bond acceptors (Lipinski definition) is 5. The van der Waals surface area contributed by atoms with Crippen molar-refractivity contribution in [1.29, 1.82) is 0 Å². The van der Waals surface area contributed by atoms with Crippen LogP contribution in [0.15, 0.2) is 42.5 Å². The van der Waals surface area contributed by atoms with E-state index in [2.05, 4.69) is 0 Å². The largest absolute Gasteiger partial charge is 0.495 e. The van der Waals surface area contributed by atoms with Crippen molar-refractivity contribution in [3.63, 3.8) is 0 Å². The molecule has 2 aromatic rings. The van der Waals surface area contributed by atoms with Gasteiger partial charge in [0.25, 0.3) is 5.91 Å². The predicted octanol–water partition coefficient (Wildman–Crippen LogP) is 3.75. The molecule has 0 N–H and O–H groups in total. The highest BCUT2D eigenvalue weighted by atomic mass is 35.5. The Morgan fingerprint density at radius 2 is 1.79 bits per heavy atom.